The average Bonchev–Trinajstić information content (AvgIpc) is 2.18. The van der Waals surface area contributed by atoms with Gasteiger partial charge in [-0.05, 0) is 20.3 Å². The molecule has 0 radical (unpaired) electrons. The fraction of sp³-hybridized carbons (Fsp3) is 0.900. The van der Waals surface area contributed by atoms with Gasteiger partial charge in [0.05, 0.1) is 19.1 Å². The van der Waals surface area contributed by atoms with E-state index in [0.717, 1.165) is 6.42 Å². The van der Waals surface area contributed by atoms with Gasteiger partial charge in [0.2, 0.25) is 0 Å². The first-order chi connectivity index (χ1) is 7.15. The van der Waals surface area contributed by atoms with Crippen molar-refractivity contribution in [3.63, 3.8) is 0 Å². The van der Waals surface area contributed by atoms with E-state index in [0.29, 0.717) is 25.8 Å². The third-order valence-corrected chi connectivity index (χ3v) is 3.41. The molecular weight excluding hydrogens is 215 g/mol. The molecule has 0 N–H and O–H groups in total. The van der Waals surface area contributed by atoms with E-state index in [4.69, 9.17) is 9.26 Å². The minimum Gasteiger partial charge on any atom is -0.466 e. The van der Waals surface area contributed by atoms with Crippen molar-refractivity contribution in [1.29, 1.82) is 0 Å². The molecule has 0 bridgehead atoms. The molecule has 0 aliphatic carbocycles. The minimum absolute atomic E-state index is 0.252. The lowest BCUT2D eigenvalue weighted by atomic mass is 10.1. The fourth-order valence-electron chi connectivity index (χ4n) is 1.33. The van der Waals surface area contributed by atoms with Crippen molar-refractivity contribution >= 4 is 14.0 Å². The van der Waals surface area contributed by atoms with Gasteiger partial charge >= 0.3 is 5.97 Å². The standard InChI is InChI=1S/C10H21O4P/c1-4-7-9(10(11)13-5-2)8-15(12)14-6-3/h9,15H,4-8H2,1-3H3. The zero-order valence-corrected chi connectivity index (χ0v) is 10.7. The minimum atomic E-state index is -2.07. The third kappa shape index (κ3) is 6.69. The molecule has 2 unspecified atom stereocenters. The summed E-state index contributed by atoms with van der Waals surface area (Å²) in [5.74, 6) is -0.523. The van der Waals surface area contributed by atoms with Gasteiger partial charge in [-0.3, -0.25) is 9.36 Å². The van der Waals surface area contributed by atoms with Crippen LogP contribution in [-0.2, 0) is 18.6 Å². The van der Waals surface area contributed by atoms with Crippen LogP contribution in [0.4, 0.5) is 0 Å². The zero-order chi connectivity index (χ0) is 11.7. The second-order valence-electron chi connectivity index (χ2n) is 3.25. The monoisotopic (exact) mass is 236 g/mol. The van der Waals surface area contributed by atoms with Crippen LogP contribution < -0.4 is 0 Å². The van der Waals surface area contributed by atoms with Crippen LogP contribution in [0.5, 0.6) is 0 Å². The summed E-state index contributed by atoms with van der Waals surface area (Å²) in [4.78, 5) is 11.5. The van der Waals surface area contributed by atoms with E-state index < -0.39 is 8.03 Å². The van der Waals surface area contributed by atoms with E-state index in [9.17, 15) is 9.36 Å². The molecule has 0 aromatic heterocycles. The van der Waals surface area contributed by atoms with Crippen LogP contribution in [0.25, 0.3) is 0 Å². The summed E-state index contributed by atoms with van der Waals surface area (Å²) in [6.45, 7) is 6.35. The molecule has 0 aliphatic heterocycles. The molecule has 0 saturated heterocycles. The van der Waals surface area contributed by atoms with Crippen LogP contribution in [0, 0.1) is 5.92 Å². The van der Waals surface area contributed by atoms with Crippen LogP contribution in [0.15, 0.2) is 0 Å². The molecule has 0 fully saturated rings. The number of hydrogen-bond acceptors (Lipinski definition) is 4. The first kappa shape index (κ1) is 14.7. The van der Waals surface area contributed by atoms with Gasteiger partial charge in [0, 0.05) is 6.16 Å². The molecule has 5 heteroatoms. The average molecular weight is 236 g/mol. The Morgan fingerprint density at radius 1 is 1.27 bits per heavy atom. The third-order valence-electron chi connectivity index (χ3n) is 1.98. The van der Waals surface area contributed by atoms with Crippen molar-refractivity contribution in [1.82, 2.24) is 0 Å². The van der Waals surface area contributed by atoms with Gasteiger partial charge in [0.15, 0.2) is 8.03 Å². The van der Waals surface area contributed by atoms with Crippen LogP contribution in [0.1, 0.15) is 33.6 Å². The van der Waals surface area contributed by atoms with E-state index in [1.54, 1.807) is 13.8 Å². The van der Waals surface area contributed by atoms with Gasteiger partial charge in [-0.25, -0.2) is 0 Å². The molecule has 0 saturated carbocycles. The van der Waals surface area contributed by atoms with E-state index >= 15 is 0 Å². The highest BCUT2D eigenvalue weighted by molar-refractivity contribution is 7.39. The Morgan fingerprint density at radius 2 is 1.93 bits per heavy atom. The Bertz CT molecular complexity index is 206. The molecule has 0 amide bonds. The van der Waals surface area contributed by atoms with Crippen molar-refractivity contribution in [3.8, 4) is 0 Å². The van der Waals surface area contributed by atoms with Crippen LogP contribution in [0.2, 0.25) is 0 Å². The highest BCUT2D eigenvalue weighted by Crippen LogP contribution is 2.28. The number of carbonyl (C=O) groups is 1. The first-order valence-electron chi connectivity index (χ1n) is 5.47. The zero-order valence-electron chi connectivity index (χ0n) is 9.75. The lowest BCUT2D eigenvalue weighted by Crippen LogP contribution is -2.20. The normalized spacial score (nSPS) is 14.6. The molecule has 90 valence electrons. The van der Waals surface area contributed by atoms with Crippen LogP contribution in [-0.4, -0.2) is 25.3 Å². The highest BCUT2D eigenvalue weighted by atomic mass is 31.1. The second-order valence-corrected chi connectivity index (χ2v) is 4.69. The second kappa shape index (κ2) is 8.93. The first-order valence-corrected chi connectivity index (χ1v) is 7.00. The molecule has 0 aromatic carbocycles. The van der Waals surface area contributed by atoms with Gasteiger partial charge in [0.25, 0.3) is 0 Å². The maximum absolute atomic E-state index is 11.5. The van der Waals surface area contributed by atoms with E-state index in [1.807, 2.05) is 6.92 Å². The van der Waals surface area contributed by atoms with Crippen LogP contribution in [0.3, 0.4) is 0 Å². The molecule has 0 aromatic rings. The van der Waals surface area contributed by atoms with Crippen LogP contribution >= 0.6 is 8.03 Å². The van der Waals surface area contributed by atoms with Crippen molar-refractivity contribution in [3.05, 3.63) is 0 Å². The Kier molecular flexibility index (Phi) is 8.73. The largest absolute Gasteiger partial charge is 0.466 e. The molecule has 4 nitrogen and oxygen atoms in total. The lowest BCUT2D eigenvalue weighted by Gasteiger charge is -2.13. The Labute approximate surface area is 92.2 Å². The van der Waals surface area contributed by atoms with E-state index in [2.05, 4.69) is 0 Å². The predicted octanol–water partition coefficient (Wildman–Crippen LogP) is 2.48. The Hall–Kier alpha value is -0.340. The number of ether oxygens (including phenoxy) is 1. The molecule has 0 heterocycles. The number of carbonyl (C=O) groups excluding carboxylic acids is 1. The van der Waals surface area contributed by atoms with Crippen molar-refractivity contribution in [2.24, 2.45) is 5.92 Å². The van der Waals surface area contributed by atoms with Crippen molar-refractivity contribution < 1.29 is 18.6 Å². The highest BCUT2D eigenvalue weighted by Gasteiger charge is 2.21. The van der Waals surface area contributed by atoms with Gasteiger partial charge < -0.3 is 9.26 Å². The number of esters is 1. The molecule has 2 atom stereocenters. The van der Waals surface area contributed by atoms with E-state index in [-0.39, 0.29) is 11.9 Å². The van der Waals surface area contributed by atoms with Gasteiger partial charge in [-0.15, -0.1) is 0 Å². The molecule has 15 heavy (non-hydrogen) atoms. The molecule has 0 rings (SSSR count). The van der Waals surface area contributed by atoms with Gasteiger partial charge in [-0.2, -0.15) is 0 Å². The quantitative estimate of drug-likeness (QED) is 0.480. The Balaban J connectivity index is 4.13. The molecule has 0 aliphatic rings. The summed E-state index contributed by atoms with van der Waals surface area (Å²) < 4.78 is 21.3. The maximum atomic E-state index is 11.5. The fourth-order valence-corrected chi connectivity index (χ4v) is 2.55. The number of rotatable bonds is 8. The predicted molar refractivity (Wildman–Crippen MR) is 60.5 cm³/mol. The lowest BCUT2D eigenvalue weighted by molar-refractivity contribution is -0.147. The maximum Gasteiger partial charge on any atom is 0.309 e. The van der Waals surface area contributed by atoms with E-state index in [1.165, 1.54) is 0 Å². The smallest absolute Gasteiger partial charge is 0.309 e. The van der Waals surface area contributed by atoms with Crippen molar-refractivity contribution in [2.75, 3.05) is 19.4 Å². The summed E-state index contributed by atoms with van der Waals surface area (Å²) in [5.41, 5.74) is 0. The number of hydrogen-bond donors (Lipinski definition) is 0. The molecule has 0 spiro atoms. The summed E-state index contributed by atoms with van der Waals surface area (Å²) in [6.07, 6.45) is 1.90. The molecular formula is C10H21O4P. The Morgan fingerprint density at radius 3 is 2.40 bits per heavy atom. The summed E-state index contributed by atoms with van der Waals surface area (Å²) >= 11 is 0. The topological polar surface area (TPSA) is 52.6 Å². The van der Waals surface area contributed by atoms with Gasteiger partial charge in [0.1, 0.15) is 0 Å². The SMILES string of the molecule is CCCC(C[PH](=O)OCC)C(=O)OCC. The van der Waals surface area contributed by atoms with Crippen molar-refractivity contribution in [2.45, 2.75) is 33.6 Å². The summed E-state index contributed by atoms with van der Waals surface area (Å²) in [7, 11) is -2.07. The summed E-state index contributed by atoms with van der Waals surface area (Å²) in [5, 5.41) is 0. The van der Waals surface area contributed by atoms with Gasteiger partial charge in [-0.1, -0.05) is 13.3 Å². The summed E-state index contributed by atoms with van der Waals surface area (Å²) in [6, 6.07) is 0.